The normalized spacial score (nSPS) is 15.1. The van der Waals surface area contributed by atoms with E-state index in [1.54, 1.807) is 11.3 Å². The van der Waals surface area contributed by atoms with Crippen molar-refractivity contribution in [3.8, 4) is 10.7 Å². The molecular formula is C13H18N4S2. The maximum Gasteiger partial charge on any atom is 0.195 e. The summed E-state index contributed by atoms with van der Waals surface area (Å²) in [5.41, 5.74) is 1.08. The fourth-order valence-electron chi connectivity index (χ4n) is 2.14. The minimum atomic E-state index is 0.698. The van der Waals surface area contributed by atoms with Crippen molar-refractivity contribution in [1.29, 1.82) is 0 Å². The molecule has 1 aliphatic carbocycles. The minimum absolute atomic E-state index is 0.698. The van der Waals surface area contributed by atoms with Crippen LogP contribution in [-0.4, -0.2) is 19.7 Å². The Kier molecular flexibility index (Phi) is 3.54. The molecule has 1 aliphatic rings. The summed E-state index contributed by atoms with van der Waals surface area (Å²) >= 11 is 7.11. The van der Waals surface area contributed by atoms with Crippen LogP contribution in [0.4, 0.5) is 0 Å². The van der Waals surface area contributed by atoms with Gasteiger partial charge < -0.3 is 0 Å². The summed E-state index contributed by atoms with van der Waals surface area (Å²) in [5, 5.41) is 8.60. The van der Waals surface area contributed by atoms with Gasteiger partial charge in [-0.25, -0.2) is 4.98 Å². The number of aromatic amines is 1. The van der Waals surface area contributed by atoms with E-state index >= 15 is 0 Å². The molecule has 1 saturated carbocycles. The zero-order chi connectivity index (χ0) is 13.4. The summed E-state index contributed by atoms with van der Waals surface area (Å²) in [5.74, 6) is 1.66. The second kappa shape index (κ2) is 5.17. The molecule has 0 radical (unpaired) electrons. The molecule has 0 aromatic carbocycles. The molecule has 0 amide bonds. The van der Waals surface area contributed by atoms with E-state index in [0.29, 0.717) is 10.7 Å². The van der Waals surface area contributed by atoms with Gasteiger partial charge in [-0.05, 0) is 38.4 Å². The number of rotatable bonds is 5. The monoisotopic (exact) mass is 294 g/mol. The van der Waals surface area contributed by atoms with Gasteiger partial charge in [0.25, 0.3) is 0 Å². The van der Waals surface area contributed by atoms with Crippen LogP contribution in [0.2, 0.25) is 0 Å². The first-order valence-corrected chi connectivity index (χ1v) is 8.06. The number of nitrogens with one attached hydrogen (secondary N) is 1. The highest BCUT2D eigenvalue weighted by Crippen LogP contribution is 2.44. The maximum absolute atomic E-state index is 5.33. The highest BCUT2D eigenvalue weighted by molar-refractivity contribution is 7.71. The van der Waals surface area contributed by atoms with E-state index in [9.17, 15) is 0 Å². The number of nitrogens with zero attached hydrogens (tertiary/aromatic N) is 3. The molecule has 1 N–H and O–H groups in total. The molecule has 0 spiro atoms. The van der Waals surface area contributed by atoms with Crippen molar-refractivity contribution in [2.45, 2.75) is 52.0 Å². The largest absolute Gasteiger partial charge is 0.299 e. The Morgan fingerprint density at radius 2 is 2.26 bits per heavy atom. The molecule has 6 heteroatoms. The molecule has 4 nitrogen and oxygen atoms in total. The van der Waals surface area contributed by atoms with Crippen molar-refractivity contribution in [2.75, 3.05) is 0 Å². The van der Waals surface area contributed by atoms with Crippen molar-refractivity contribution in [3.63, 3.8) is 0 Å². The Morgan fingerprint density at radius 3 is 2.95 bits per heavy atom. The van der Waals surface area contributed by atoms with Gasteiger partial charge in [-0.3, -0.25) is 9.67 Å². The van der Waals surface area contributed by atoms with Crippen LogP contribution in [-0.2, 0) is 6.54 Å². The second-order valence-corrected chi connectivity index (χ2v) is 6.52. The summed E-state index contributed by atoms with van der Waals surface area (Å²) in [6.45, 7) is 5.18. The molecule has 0 atom stereocenters. The molecule has 102 valence electrons. The summed E-state index contributed by atoms with van der Waals surface area (Å²) in [4.78, 5) is 5.87. The molecule has 0 aliphatic heterocycles. The van der Waals surface area contributed by atoms with E-state index in [1.165, 1.54) is 22.7 Å². The number of thiazole rings is 1. The SMILES string of the molecule is CCCCn1c(-c2sc(C3CC3)nc2C)n[nH]c1=S. The predicted molar refractivity (Wildman–Crippen MR) is 80.1 cm³/mol. The quantitative estimate of drug-likeness (QED) is 0.846. The van der Waals surface area contributed by atoms with Crippen LogP contribution in [0.25, 0.3) is 10.7 Å². The lowest BCUT2D eigenvalue weighted by atomic mass is 10.3. The van der Waals surface area contributed by atoms with Crippen molar-refractivity contribution < 1.29 is 0 Å². The number of H-pyrrole nitrogens is 1. The van der Waals surface area contributed by atoms with Gasteiger partial charge in [0.2, 0.25) is 0 Å². The summed E-state index contributed by atoms with van der Waals surface area (Å²) in [6.07, 6.45) is 4.85. The van der Waals surface area contributed by atoms with E-state index in [-0.39, 0.29) is 0 Å². The van der Waals surface area contributed by atoms with Gasteiger partial charge in [0.05, 0.1) is 15.6 Å². The molecule has 3 rings (SSSR count). The van der Waals surface area contributed by atoms with Crippen molar-refractivity contribution in [1.82, 2.24) is 19.7 Å². The van der Waals surface area contributed by atoms with Crippen LogP contribution in [0.3, 0.4) is 0 Å². The maximum atomic E-state index is 5.33. The number of aromatic nitrogens is 4. The molecule has 2 heterocycles. The number of unbranched alkanes of at least 4 members (excludes halogenated alkanes) is 1. The van der Waals surface area contributed by atoms with Crippen LogP contribution in [0.1, 0.15) is 49.2 Å². The third kappa shape index (κ3) is 2.51. The Bertz CT molecular complexity index is 633. The fourth-order valence-corrected chi connectivity index (χ4v) is 3.60. The van der Waals surface area contributed by atoms with E-state index in [2.05, 4.69) is 28.6 Å². The van der Waals surface area contributed by atoms with Gasteiger partial charge in [0, 0.05) is 12.5 Å². The lowest BCUT2D eigenvalue weighted by Crippen LogP contribution is -2.00. The smallest absolute Gasteiger partial charge is 0.195 e. The zero-order valence-corrected chi connectivity index (χ0v) is 12.9. The van der Waals surface area contributed by atoms with Crippen LogP contribution < -0.4 is 0 Å². The highest BCUT2D eigenvalue weighted by atomic mass is 32.1. The average molecular weight is 294 g/mol. The Balaban J connectivity index is 1.99. The average Bonchev–Trinajstić information content (AvgIpc) is 3.09. The van der Waals surface area contributed by atoms with Crippen molar-refractivity contribution >= 4 is 23.6 Å². The molecule has 0 saturated heterocycles. The Hall–Kier alpha value is -1.01. The topological polar surface area (TPSA) is 46.5 Å². The molecule has 2 aromatic rings. The van der Waals surface area contributed by atoms with Gasteiger partial charge in [-0.15, -0.1) is 11.3 Å². The molecular weight excluding hydrogens is 276 g/mol. The first-order chi connectivity index (χ1) is 9.20. The second-order valence-electron chi connectivity index (χ2n) is 5.10. The van der Waals surface area contributed by atoms with Gasteiger partial charge in [-0.2, -0.15) is 5.10 Å². The van der Waals surface area contributed by atoms with E-state index < -0.39 is 0 Å². The zero-order valence-electron chi connectivity index (χ0n) is 11.3. The van der Waals surface area contributed by atoms with Crippen LogP contribution >= 0.6 is 23.6 Å². The summed E-state index contributed by atoms with van der Waals surface area (Å²) in [7, 11) is 0. The van der Waals surface area contributed by atoms with E-state index in [0.717, 1.165) is 30.9 Å². The van der Waals surface area contributed by atoms with Gasteiger partial charge >= 0.3 is 0 Å². The van der Waals surface area contributed by atoms with Gasteiger partial charge in [-0.1, -0.05) is 13.3 Å². The van der Waals surface area contributed by atoms with E-state index in [1.807, 2.05) is 0 Å². The lowest BCUT2D eigenvalue weighted by molar-refractivity contribution is 0.629. The molecule has 0 bridgehead atoms. The van der Waals surface area contributed by atoms with Crippen LogP contribution in [0.15, 0.2) is 0 Å². The summed E-state index contributed by atoms with van der Waals surface area (Å²) < 4.78 is 2.82. The molecule has 2 aromatic heterocycles. The van der Waals surface area contributed by atoms with Crippen LogP contribution in [0, 0.1) is 11.7 Å². The first kappa shape index (κ1) is 13.0. The van der Waals surface area contributed by atoms with Gasteiger partial charge in [0.1, 0.15) is 0 Å². The number of hydrogen-bond acceptors (Lipinski definition) is 4. The van der Waals surface area contributed by atoms with Gasteiger partial charge in [0.15, 0.2) is 10.6 Å². The Morgan fingerprint density at radius 1 is 1.47 bits per heavy atom. The third-order valence-corrected chi connectivity index (χ3v) is 5.06. The number of aryl methyl sites for hydroxylation is 1. The van der Waals surface area contributed by atoms with E-state index in [4.69, 9.17) is 17.2 Å². The number of hydrogen-bond donors (Lipinski definition) is 1. The highest BCUT2D eigenvalue weighted by Gasteiger charge is 2.28. The third-order valence-electron chi connectivity index (χ3n) is 3.44. The summed E-state index contributed by atoms with van der Waals surface area (Å²) in [6, 6.07) is 0. The molecule has 1 fully saturated rings. The fraction of sp³-hybridized carbons (Fsp3) is 0.615. The predicted octanol–water partition coefficient (Wildman–Crippen LogP) is 4.05. The lowest BCUT2D eigenvalue weighted by Gasteiger charge is -2.04. The van der Waals surface area contributed by atoms with Crippen LogP contribution in [0.5, 0.6) is 0 Å². The van der Waals surface area contributed by atoms with Crippen molar-refractivity contribution in [2.24, 2.45) is 0 Å². The van der Waals surface area contributed by atoms with Crippen molar-refractivity contribution in [3.05, 3.63) is 15.5 Å². The minimum Gasteiger partial charge on any atom is -0.299 e. The molecule has 19 heavy (non-hydrogen) atoms. The first-order valence-electron chi connectivity index (χ1n) is 6.83. The Labute approximate surface area is 121 Å². The standard InChI is InChI=1S/C13H18N4S2/c1-3-4-7-17-11(15-16-13(17)18)10-8(2)14-12(19-10)9-5-6-9/h9H,3-7H2,1-2H3,(H,16,18). The molecule has 0 unspecified atom stereocenters.